The van der Waals surface area contributed by atoms with Crippen molar-refractivity contribution in [1.29, 1.82) is 0 Å². The zero-order chi connectivity index (χ0) is 22.3. The van der Waals surface area contributed by atoms with Gasteiger partial charge < -0.3 is 10.5 Å². The molecule has 166 valence electrons. The lowest BCUT2D eigenvalue weighted by Crippen LogP contribution is -2.33. The smallest absolute Gasteiger partial charge is 0.416 e. The van der Waals surface area contributed by atoms with E-state index in [-0.39, 0.29) is 29.8 Å². The summed E-state index contributed by atoms with van der Waals surface area (Å²) in [5, 5.41) is 0.369. The fourth-order valence-electron chi connectivity index (χ4n) is 4.31. The van der Waals surface area contributed by atoms with Crippen LogP contribution in [0.3, 0.4) is 0 Å². The summed E-state index contributed by atoms with van der Waals surface area (Å²) in [5.41, 5.74) is 6.32. The number of methoxy groups -OCH3 is 1. The molecule has 2 N–H and O–H groups in total. The van der Waals surface area contributed by atoms with E-state index < -0.39 is 11.7 Å². The first-order chi connectivity index (χ1) is 14.7. The largest absolute Gasteiger partial charge is 0.495 e. The number of benzene rings is 2. The number of alkyl halides is 3. The van der Waals surface area contributed by atoms with E-state index in [0.717, 1.165) is 37.8 Å². The van der Waals surface area contributed by atoms with Gasteiger partial charge in [0.05, 0.1) is 35.3 Å². The fraction of sp³-hybridized carbons (Fsp3) is 0.409. The molecule has 1 aliphatic rings. The number of fused-ring (bicyclic) bond motifs is 1. The first-order valence-electron chi connectivity index (χ1n) is 10.1. The monoisotopic (exact) mass is 453 g/mol. The Morgan fingerprint density at radius 2 is 1.81 bits per heavy atom. The minimum atomic E-state index is -4.50. The maximum absolute atomic E-state index is 13.4. The predicted octanol–water partition coefficient (Wildman–Crippen LogP) is 4.97. The van der Waals surface area contributed by atoms with E-state index in [1.165, 1.54) is 17.7 Å². The van der Waals surface area contributed by atoms with Crippen LogP contribution in [0.1, 0.15) is 42.9 Å². The van der Waals surface area contributed by atoms with Gasteiger partial charge >= 0.3 is 11.9 Å². The summed E-state index contributed by atoms with van der Waals surface area (Å²) >= 11 is 6.20. The molecule has 4 rings (SSSR count). The molecule has 0 amide bonds. The van der Waals surface area contributed by atoms with Crippen molar-refractivity contribution < 1.29 is 17.9 Å². The highest BCUT2D eigenvalue weighted by Crippen LogP contribution is 2.34. The molecule has 1 saturated carbocycles. The molecule has 0 saturated heterocycles. The van der Waals surface area contributed by atoms with E-state index in [1.54, 1.807) is 22.8 Å². The van der Waals surface area contributed by atoms with Crippen LogP contribution >= 0.6 is 11.6 Å². The lowest BCUT2D eigenvalue weighted by Gasteiger charge is -2.27. The van der Waals surface area contributed by atoms with Crippen molar-refractivity contribution in [3.8, 4) is 5.75 Å². The molecule has 1 aromatic heterocycles. The number of aromatic nitrogens is 2. The third-order valence-corrected chi connectivity index (χ3v) is 6.25. The number of imidazole rings is 1. The van der Waals surface area contributed by atoms with Crippen LogP contribution in [0, 0.1) is 0 Å². The summed E-state index contributed by atoms with van der Waals surface area (Å²) in [5.74, 6) is 0.484. The molecular weight excluding hydrogens is 431 g/mol. The predicted molar refractivity (Wildman–Crippen MR) is 114 cm³/mol. The van der Waals surface area contributed by atoms with E-state index >= 15 is 0 Å². The lowest BCUT2D eigenvalue weighted by atomic mass is 9.91. The van der Waals surface area contributed by atoms with Gasteiger partial charge in [-0.1, -0.05) is 17.7 Å². The topological polar surface area (TPSA) is 62.2 Å². The molecule has 9 heteroatoms. The number of halogens is 4. The number of hydrogen-bond acceptors (Lipinski definition) is 3. The number of nitrogens with two attached hydrogens (primary N) is 1. The van der Waals surface area contributed by atoms with Gasteiger partial charge in [0, 0.05) is 12.1 Å². The summed E-state index contributed by atoms with van der Waals surface area (Å²) in [7, 11) is 1.49. The highest BCUT2D eigenvalue weighted by molar-refractivity contribution is 6.32. The normalized spacial score (nSPS) is 19.7. The Hall–Kier alpha value is -2.45. The van der Waals surface area contributed by atoms with Gasteiger partial charge in [0.1, 0.15) is 5.75 Å². The van der Waals surface area contributed by atoms with Crippen LogP contribution in [0.2, 0.25) is 5.02 Å². The van der Waals surface area contributed by atoms with Gasteiger partial charge in [-0.15, -0.1) is 0 Å². The standard InChI is InChI=1S/C22H23ClF3N3O2/c1-31-20-9-2-13(10-17(20)23)12-28-19-11-14(22(24,25)26)3-8-18(19)29(21(28)30)16-6-4-15(27)5-7-16/h2-3,8-11,15-16H,4-7,12,27H2,1H3/t15-,16-. The third-order valence-electron chi connectivity index (χ3n) is 5.95. The minimum Gasteiger partial charge on any atom is -0.495 e. The van der Waals surface area contributed by atoms with E-state index in [9.17, 15) is 18.0 Å². The Morgan fingerprint density at radius 3 is 2.42 bits per heavy atom. The number of hydrogen-bond donors (Lipinski definition) is 1. The van der Waals surface area contributed by atoms with Crippen molar-refractivity contribution in [2.45, 2.75) is 50.5 Å². The fourth-order valence-corrected chi connectivity index (χ4v) is 4.59. The van der Waals surface area contributed by atoms with Crippen LogP contribution in [0.25, 0.3) is 11.0 Å². The Bertz CT molecular complexity index is 1160. The first kappa shape index (κ1) is 21.8. The molecule has 1 fully saturated rings. The molecule has 31 heavy (non-hydrogen) atoms. The van der Waals surface area contributed by atoms with E-state index in [1.807, 2.05) is 0 Å². The molecule has 0 spiro atoms. The second kappa shape index (κ2) is 8.24. The van der Waals surface area contributed by atoms with Gasteiger partial charge in [-0.05, 0) is 61.6 Å². The van der Waals surface area contributed by atoms with Crippen LogP contribution in [0.5, 0.6) is 5.75 Å². The van der Waals surface area contributed by atoms with Gasteiger partial charge in [-0.3, -0.25) is 9.13 Å². The van der Waals surface area contributed by atoms with Gasteiger partial charge in [0.25, 0.3) is 0 Å². The molecule has 0 atom stereocenters. The summed E-state index contributed by atoms with van der Waals surface area (Å²) in [6.45, 7) is 0.0968. The Labute approximate surface area is 182 Å². The summed E-state index contributed by atoms with van der Waals surface area (Å²) in [6, 6.07) is 8.55. The molecule has 1 heterocycles. The van der Waals surface area contributed by atoms with Crippen LogP contribution in [-0.2, 0) is 12.7 Å². The molecule has 5 nitrogen and oxygen atoms in total. The average Bonchev–Trinajstić information content (AvgIpc) is 2.99. The highest BCUT2D eigenvalue weighted by Gasteiger charge is 2.32. The quantitative estimate of drug-likeness (QED) is 0.606. The molecule has 0 radical (unpaired) electrons. The SMILES string of the molecule is COc1ccc(Cn2c(=O)n([C@H]3CC[C@H](N)CC3)c3ccc(C(F)(F)F)cc32)cc1Cl. The van der Waals surface area contributed by atoms with Crippen molar-refractivity contribution in [3.63, 3.8) is 0 Å². The van der Waals surface area contributed by atoms with Crippen LogP contribution in [0.4, 0.5) is 13.2 Å². The van der Waals surface area contributed by atoms with Crippen LogP contribution in [0.15, 0.2) is 41.2 Å². The van der Waals surface area contributed by atoms with Gasteiger partial charge in [-0.2, -0.15) is 13.2 Å². The molecule has 0 unspecified atom stereocenters. The van der Waals surface area contributed by atoms with Gasteiger partial charge in [0.15, 0.2) is 0 Å². The summed E-state index contributed by atoms with van der Waals surface area (Å²) in [6.07, 6.45) is -1.51. The Morgan fingerprint density at radius 1 is 1.10 bits per heavy atom. The first-order valence-corrected chi connectivity index (χ1v) is 10.5. The molecule has 3 aromatic rings. The Kier molecular flexibility index (Phi) is 5.79. The number of nitrogens with zero attached hydrogens (tertiary/aromatic N) is 2. The maximum Gasteiger partial charge on any atom is 0.416 e. The Balaban J connectivity index is 1.85. The molecular formula is C22H23ClF3N3O2. The maximum atomic E-state index is 13.4. The zero-order valence-corrected chi connectivity index (χ0v) is 17.7. The molecule has 0 aliphatic heterocycles. The average molecular weight is 454 g/mol. The van der Waals surface area contributed by atoms with Gasteiger partial charge in [-0.25, -0.2) is 4.79 Å². The molecule has 2 aromatic carbocycles. The van der Waals surface area contributed by atoms with Gasteiger partial charge in [0.2, 0.25) is 0 Å². The van der Waals surface area contributed by atoms with E-state index in [2.05, 4.69) is 0 Å². The number of rotatable bonds is 4. The second-order valence-corrected chi connectivity index (χ2v) is 8.38. The number of ether oxygens (including phenoxy) is 1. The highest BCUT2D eigenvalue weighted by atomic mass is 35.5. The lowest BCUT2D eigenvalue weighted by molar-refractivity contribution is -0.137. The minimum absolute atomic E-state index is 0.0905. The summed E-state index contributed by atoms with van der Waals surface area (Å²) in [4.78, 5) is 13.4. The van der Waals surface area contributed by atoms with Crippen molar-refractivity contribution in [1.82, 2.24) is 9.13 Å². The zero-order valence-electron chi connectivity index (χ0n) is 17.0. The van der Waals surface area contributed by atoms with Crippen LogP contribution in [-0.4, -0.2) is 22.3 Å². The van der Waals surface area contributed by atoms with Crippen molar-refractivity contribution >= 4 is 22.6 Å². The van der Waals surface area contributed by atoms with E-state index in [0.29, 0.717) is 21.9 Å². The van der Waals surface area contributed by atoms with E-state index in [4.69, 9.17) is 22.1 Å². The van der Waals surface area contributed by atoms with Crippen molar-refractivity contribution in [2.24, 2.45) is 5.73 Å². The molecule has 0 bridgehead atoms. The van der Waals surface area contributed by atoms with Crippen molar-refractivity contribution in [3.05, 3.63) is 63.0 Å². The van der Waals surface area contributed by atoms with Crippen LogP contribution < -0.4 is 16.2 Å². The second-order valence-electron chi connectivity index (χ2n) is 7.98. The molecule has 1 aliphatic carbocycles. The third kappa shape index (κ3) is 4.19. The summed E-state index contributed by atoms with van der Waals surface area (Å²) < 4.78 is 48.3. The van der Waals surface area contributed by atoms with Crippen molar-refractivity contribution in [2.75, 3.05) is 7.11 Å².